The third-order valence-electron chi connectivity index (χ3n) is 10.4. The van der Waals surface area contributed by atoms with Crippen LogP contribution in [0.5, 0.6) is 0 Å². The van der Waals surface area contributed by atoms with Gasteiger partial charge in [-0.1, -0.05) is 109 Å². The molecule has 0 fully saturated rings. The highest BCUT2D eigenvalue weighted by Crippen LogP contribution is 2.42. The average molecular weight is 624 g/mol. The van der Waals surface area contributed by atoms with E-state index in [0.29, 0.717) is 0 Å². The first-order valence-electron chi connectivity index (χ1n) is 16.9. The van der Waals surface area contributed by atoms with Crippen molar-refractivity contribution in [2.45, 2.75) is 0 Å². The maximum Gasteiger partial charge on any atom is 0.0703 e. The molecule has 3 aromatic heterocycles. The minimum absolute atomic E-state index is 1.13. The van der Waals surface area contributed by atoms with Gasteiger partial charge in [-0.05, 0) is 77.5 Å². The van der Waals surface area contributed by atoms with Crippen molar-refractivity contribution in [3.05, 3.63) is 176 Å². The number of rotatable bonds is 2. The molecule has 0 radical (unpaired) electrons. The Morgan fingerprint density at radius 1 is 0.286 bits per heavy atom. The summed E-state index contributed by atoms with van der Waals surface area (Å²) in [5, 5.41) is 10.0. The molecule has 0 bridgehead atoms. The zero-order valence-electron chi connectivity index (χ0n) is 26.6. The number of benzene rings is 8. The van der Waals surface area contributed by atoms with E-state index < -0.39 is 0 Å². The van der Waals surface area contributed by atoms with Crippen LogP contribution in [0.1, 0.15) is 0 Å². The number of hydrogen-bond donors (Lipinski definition) is 0. The molecule has 3 heteroatoms. The van der Waals surface area contributed by atoms with Gasteiger partial charge in [0.05, 0.1) is 38.6 Å². The summed E-state index contributed by atoms with van der Waals surface area (Å²) in [4.78, 5) is 0. The predicted molar refractivity (Wildman–Crippen MR) is 207 cm³/mol. The first-order valence-corrected chi connectivity index (χ1v) is 16.9. The number of aromatic nitrogens is 3. The average Bonchev–Trinajstić information content (AvgIpc) is 3.68. The van der Waals surface area contributed by atoms with E-state index in [0.717, 1.165) is 27.9 Å². The van der Waals surface area contributed by atoms with Crippen molar-refractivity contribution in [2.75, 3.05) is 0 Å². The molecule has 0 saturated carbocycles. The zero-order chi connectivity index (χ0) is 32.1. The third-order valence-corrected chi connectivity index (χ3v) is 10.4. The van der Waals surface area contributed by atoms with Gasteiger partial charge in [-0.15, -0.1) is 0 Å². The molecule has 8 aromatic carbocycles. The van der Waals surface area contributed by atoms with Crippen molar-refractivity contribution >= 4 is 81.7 Å². The van der Waals surface area contributed by atoms with Crippen molar-refractivity contribution in [1.29, 1.82) is 0 Å². The molecule has 0 amide bonds. The zero-order valence-corrected chi connectivity index (χ0v) is 26.6. The minimum Gasteiger partial charge on any atom is -0.309 e. The lowest BCUT2D eigenvalue weighted by molar-refractivity contribution is 1.15. The number of fused-ring (bicyclic) bond motifs is 12. The first kappa shape index (κ1) is 26.5. The Morgan fingerprint density at radius 3 is 1.57 bits per heavy atom. The summed E-state index contributed by atoms with van der Waals surface area (Å²) < 4.78 is 7.36. The lowest BCUT2D eigenvalue weighted by Gasteiger charge is -2.17. The van der Waals surface area contributed by atoms with Crippen LogP contribution < -0.4 is 0 Å². The fourth-order valence-corrected chi connectivity index (χ4v) is 8.40. The Bertz CT molecular complexity index is 3160. The second kappa shape index (κ2) is 9.96. The second-order valence-corrected chi connectivity index (χ2v) is 13.0. The van der Waals surface area contributed by atoms with Gasteiger partial charge in [0.15, 0.2) is 0 Å². The van der Waals surface area contributed by atoms with Crippen LogP contribution in [0.15, 0.2) is 176 Å². The maximum absolute atomic E-state index is 2.50. The van der Waals surface area contributed by atoms with Crippen LogP contribution in [0.25, 0.3) is 93.1 Å². The van der Waals surface area contributed by atoms with Gasteiger partial charge in [0, 0.05) is 43.7 Å². The Labute approximate surface area is 281 Å². The summed E-state index contributed by atoms with van der Waals surface area (Å²) >= 11 is 0. The maximum atomic E-state index is 2.50. The molecule has 0 unspecified atom stereocenters. The summed E-state index contributed by atoms with van der Waals surface area (Å²) in [5.41, 5.74) is 10.6. The summed E-state index contributed by atoms with van der Waals surface area (Å²) in [6.45, 7) is 0. The lowest BCUT2D eigenvalue weighted by atomic mass is 9.99. The van der Waals surface area contributed by atoms with Gasteiger partial charge >= 0.3 is 0 Å². The standard InChI is InChI=1S/C46H29N3/c1-2-15-31(16-3-1)47-39-21-9-6-18-34(39)37-29-32(26-27-42(37)47)48-40-22-10-7-19-35(40)38-28-30-14-4-5-17-33(30)45-36-20-8-11-23-41(36)49(46(38)45)44-25-13-12-24-43(44)48/h1-29H. The normalized spacial score (nSPS) is 12.1. The molecule has 3 heterocycles. The summed E-state index contributed by atoms with van der Waals surface area (Å²) in [6, 6.07) is 64.3. The lowest BCUT2D eigenvalue weighted by Crippen LogP contribution is -2.01. The number of hydrogen-bond acceptors (Lipinski definition) is 0. The van der Waals surface area contributed by atoms with E-state index in [9.17, 15) is 0 Å². The SMILES string of the molecule is c1ccc(-n2c3ccccc3c3cc(-n4c5ccccc5c5cc6ccccc6c6c7ccccc7n(c7ccccc74)c56)ccc32)cc1. The Morgan fingerprint density at radius 2 is 0.816 bits per heavy atom. The first-order chi connectivity index (χ1) is 24.3. The van der Waals surface area contributed by atoms with Gasteiger partial charge in [0.25, 0.3) is 0 Å². The molecule has 3 nitrogen and oxygen atoms in total. The highest BCUT2D eigenvalue weighted by Gasteiger charge is 2.19. The van der Waals surface area contributed by atoms with Crippen molar-refractivity contribution in [1.82, 2.24) is 13.5 Å². The van der Waals surface area contributed by atoms with E-state index in [-0.39, 0.29) is 0 Å². The molecule has 0 atom stereocenters. The van der Waals surface area contributed by atoms with E-state index in [1.165, 1.54) is 65.2 Å². The molecular weight excluding hydrogens is 595 g/mol. The third kappa shape index (κ3) is 3.62. The van der Waals surface area contributed by atoms with Crippen molar-refractivity contribution in [3.8, 4) is 11.4 Å². The van der Waals surface area contributed by atoms with E-state index in [1.807, 2.05) is 0 Å². The van der Waals surface area contributed by atoms with Gasteiger partial charge in [-0.25, -0.2) is 0 Å². The molecule has 0 N–H and O–H groups in total. The van der Waals surface area contributed by atoms with Crippen LogP contribution in [0.3, 0.4) is 0 Å². The fourth-order valence-electron chi connectivity index (χ4n) is 8.40. The molecule has 0 aliphatic carbocycles. The van der Waals surface area contributed by atoms with Crippen LogP contribution in [0.2, 0.25) is 0 Å². The molecule has 49 heavy (non-hydrogen) atoms. The summed E-state index contributed by atoms with van der Waals surface area (Å²) in [6.07, 6.45) is 0. The van der Waals surface area contributed by atoms with E-state index in [2.05, 4.69) is 189 Å². The summed E-state index contributed by atoms with van der Waals surface area (Å²) in [5.74, 6) is 0. The van der Waals surface area contributed by atoms with Gasteiger partial charge in [-0.2, -0.15) is 0 Å². The van der Waals surface area contributed by atoms with Gasteiger partial charge < -0.3 is 13.5 Å². The second-order valence-electron chi connectivity index (χ2n) is 13.0. The van der Waals surface area contributed by atoms with Crippen LogP contribution in [-0.4, -0.2) is 13.5 Å². The largest absolute Gasteiger partial charge is 0.309 e. The molecule has 228 valence electrons. The van der Waals surface area contributed by atoms with Crippen LogP contribution in [0, 0.1) is 0 Å². The number of para-hydroxylation sites is 6. The fraction of sp³-hybridized carbons (Fsp3) is 0. The topological polar surface area (TPSA) is 14.3 Å². The molecular formula is C46H29N3. The van der Waals surface area contributed by atoms with E-state index in [4.69, 9.17) is 0 Å². The monoisotopic (exact) mass is 623 g/mol. The Balaban J connectivity index is 1.38. The number of nitrogens with zero attached hydrogens (tertiary/aromatic N) is 3. The highest BCUT2D eigenvalue weighted by atomic mass is 15.0. The van der Waals surface area contributed by atoms with Crippen molar-refractivity contribution in [2.24, 2.45) is 0 Å². The minimum atomic E-state index is 1.13. The van der Waals surface area contributed by atoms with Crippen LogP contribution in [0.4, 0.5) is 0 Å². The molecule has 0 aliphatic heterocycles. The van der Waals surface area contributed by atoms with Crippen LogP contribution in [-0.2, 0) is 0 Å². The molecule has 0 aliphatic rings. The van der Waals surface area contributed by atoms with Gasteiger partial charge in [-0.3, -0.25) is 0 Å². The van der Waals surface area contributed by atoms with Gasteiger partial charge in [0.1, 0.15) is 0 Å². The molecule has 11 rings (SSSR count). The van der Waals surface area contributed by atoms with Gasteiger partial charge in [0.2, 0.25) is 0 Å². The molecule has 11 aromatic rings. The van der Waals surface area contributed by atoms with E-state index in [1.54, 1.807) is 0 Å². The quantitative estimate of drug-likeness (QED) is 0.182. The summed E-state index contributed by atoms with van der Waals surface area (Å²) in [7, 11) is 0. The highest BCUT2D eigenvalue weighted by molar-refractivity contribution is 6.29. The van der Waals surface area contributed by atoms with Crippen molar-refractivity contribution in [3.63, 3.8) is 0 Å². The molecule has 0 spiro atoms. The van der Waals surface area contributed by atoms with Crippen LogP contribution >= 0.6 is 0 Å². The Kier molecular flexibility index (Phi) is 5.38. The predicted octanol–water partition coefficient (Wildman–Crippen LogP) is 12.2. The van der Waals surface area contributed by atoms with E-state index >= 15 is 0 Å². The Hall–Kier alpha value is -6.58. The molecule has 0 saturated heterocycles. The van der Waals surface area contributed by atoms with Crippen molar-refractivity contribution < 1.29 is 0 Å². The smallest absolute Gasteiger partial charge is 0.0703 e.